The van der Waals surface area contributed by atoms with Gasteiger partial charge in [-0.15, -0.1) is 0 Å². The fourth-order valence-corrected chi connectivity index (χ4v) is 1.18. The number of carbonyl (C=O) groups excluding carboxylic acids is 1. The molecule has 0 aliphatic carbocycles. The molecule has 0 unspecified atom stereocenters. The molecule has 4 nitrogen and oxygen atoms in total. The quantitative estimate of drug-likeness (QED) is 0.752. The van der Waals surface area contributed by atoms with Crippen molar-refractivity contribution in [1.82, 2.24) is 9.88 Å². The van der Waals surface area contributed by atoms with E-state index in [9.17, 15) is 9.59 Å². The van der Waals surface area contributed by atoms with Crippen LogP contribution >= 0.6 is 0 Å². The van der Waals surface area contributed by atoms with E-state index in [2.05, 4.69) is 5.32 Å². The van der Waals surface area contributed by atoms with E-state index >= 15 is 0 Å². The summed E-state index contributed by atoms with van der Waals surface area (Å²) in [5, 5.41) is 2.51. The highest BCUT2D eigenvalue weighted by Gasteiger charge is 2.01. The molecule has 0 radical (unpaired) electrons. The molecule has 1 rings (SSSR count). The van der Waals surface area contributed by atoms with Gasteiger partial charge >= 0.3 is 0 Å². The Bertz CT molecular complexity index is 382. The van der Waals surface area contributed by atoms with Gasteiger partial charge in [-0.05, 0) is 13.0 Å². The topological polar surface area (TPSA) is 51.1 Å². The van der Waals surface area contributed by atoms with Crippen molar-refractivity contribution in [3.05, 3.63) is 34.2 Å². The van der Waals surface area contributed by atoms with Crippen LogP contribution in [0.2, 0.25) is 0 Å². The third-order valence-corrected chi connectivity index (χ3v) is 2.07. The second kappa shape index (κ2) is 4.60. The largest absolute Gasteiger partial charge is 0.359 e. The van der Waals surface area contributed by atoms with Crippen LogP contribution in [-0.2, 0) is 11.3 Å². The van der Waals surface area contributed by atoms with E-state index < -0.39 is 0 Å². The molecule has 1 aromatic heterocycles. The van der Waals surface area contributed by atoms with Gasteiger partial charge in [0.05, 0.1) is 0 Å². The molecule has 76 valence electrons. The minimum absolute atomic E-state index is 0.0311. The summed E-state index contributed by atoms with van der Waals surface area (Å²) in [6, 6.07) is 3.57. The molecule has 1 aromatic rings. The van der Waals surface area contributed by atoms with Crippen molar-refractivity contribution < 1.29 is 4.79 Å². The smallest absolute Gasteiger partial charge is 0.253 e. The number of hydrogen-bond acceptors (Lipinski definition) is 2. The Hall–Kier alpha value is -1.58. The molecule has 0 saturated heterocycles. The van der Waals surface area contributed by atoms with Crippen molar-refractivity contribution in [2.45, 2.75) is 19.9 Å². The number of amides is 1. The molecule has 0 aliphatic rings. The van der Waals surface area contributed by atoms with Gasteiger partial charge in [0, 0.05) is 31.8 Å². The monoisotopic (exact) mass is 194 g/mol. The van der Waals surface area contributed by atoms with E-state index in [-0.39, 0.29) is 11.5 Å². The van der Waals surface area contributed by atoms with Crippen LogP contribution in [0.5, 0.6) is 0 Å². The Morgan fingerprint density at radius 1 is 1.57 bits per heavy atom. The van der Waals surface area contributed by atoms with Crippen molar-refractivity contribution in [2.24, 2.45) is 0 Å². The van der Waals surface area contributed by atoms with Crippen LogP contribution in [0.15, 0.2) is 23.1 Å². The maximum atomic E-state index is 11.5. The zero-order chi connectivity index (χ0) is 10.6. The van der Waals surface area contributed by atoms with Crippen LogP contribution in [-0.4, -0.2) is 17.5 Å². The van der Waals surface area contributed by atoms with Crippen LogP contribution in [0.25, 0.3) is 0 Å². The van der Waals surface area contributed by atoms with Crippen LogP contribution in [0.1, 0.15) is 12.0 Å². The molecule has 4 heteroatoms. The molecule has 14 heavy (non-hydrogen) atoms. The third kappa shape index (κ3) is 2.45. The Morgan fingerprint density at radius 2 is 2.29 bits per heavy atom. The fourth-order valence-electron chi connectivity index (χ4n) is 1.18. The average Bonchev–Trinajstić information content (AvgIpc) is 2.20. The van der Waals surface area contributed by atoms with Crippen LogP contribution < -0.4 is 10.9 Å². The first-order chi connectivity index (χ1) is 6.65. The molecule has 1 N–H and O–H groups in total. The van der Waals surface area contributed by atoms with E-state index in [0.29, 0.717) is 18.5 Å². The Morgan fingerprint density at radius 3 is 2.93 bits per heavy atom. The summed E-state index contributed by atoms with van der Waals surface area (Å²) in [5.74, 6) is -0.0570. The van der Waals surface area contributed by atoms with Gasteiger partial charge in [-0.25, -0.2) is 0 Å². The zero-order valence-electron chi connectivity index (χ0n) is 8.41. The first-order valence-electron chi connectivity index (χ1n) is 4.52. The molecule has 0 fully saturated rings. The zero-order valence-corrected chi connectivity index (χ0v) is 8.41. The number of nitrogens with zero attached hydrogens (tertiary/aromatic N) is 1. The lowest BCUT2D eigenvalue weighted by Crippen LogP contribution is -2.25. The number of hydrogen-bond donors (Lipinski definition) is 1. The lowest BCUT2D eigenvalue weighted by Gasteiger charge is -2.05. The number of aryl methyl sites for hydroxylation is 2. The second-order valence-corrected chi connectivity index (χ2v) is 3.11. The van der Waals surface area contributed by atoms with Gasteiger partial charge in [0.2, 0.25) is 5.91 Å². The summed E-state index contributed by atoms with van der Waals surface area (Å²) in [6.45, 7) is 2.19. The molecule has 0 spiro atoms. The predicted octanol–water partition coefficient (Wildman–Crippen LogP) is 0.293. The molecular weight excluding hydrogens is 180 g/mol. The minimum Gasteiger partial charge on any atom is -0.359 e. The van der Waals surface area contributed by atoms with Gasteiger partial charge in [-0.2, -0.15) is 0 Å². The average molecular weight is 194 g/mol. The van der Waals surface area contributed by atoms with Gasteiger partial charge < -0.3 is 9.88 Å². The van der Waals surface area contributed by atoms with Gasteiger partial charge in [0.15, 0.2) is 0 Å². The van der Waals surface area contributed by atoms with Crippen molar-refractivity contribution in [1.29, 1.82) is 0 Å². The number of aromatic nitrogens is 1. The van der Waals surface area contributed by atoms with E-state index in [1.54, 1.807) is 36.9 Å². The molecule has 1 heterocycles. The van der Waals surface area contributed by atoms with E-state index in [1.807, 2.05) is 0 Å². The summed E-state index contributed by atoms with van der Waals surface area (Å²) in [7, 11) is 1.58. The molecular formula is C10H14N2O2. The van der Waals surface area contributed by atoms with Crippen LogP contribution in [0.4, 0.5) is 0 Å². The van der Waals surface area contributed by atoms with Gasteiger partial charge in [-0.3, -0.25) is 9.59 Å². The summed E-state index contributed by atoms with van der Waals surface area (Å²) in [5.41, 5.74) is 0.667. The lowest BCUT2D eigenvalue weighted by atomic mass is 10.3. The lowest BCUT2D eigenvalue weighted by molar-refractivity contribution is -0.120. The Balaban J connectivity index is 2.73. The maximum absolute atomic E-state index is 11.5. The SMILES string of the molecule is CNC(=O)CCn1cccc(C)c1=O. The van der Waals surface area contributed by atoms with E-state index in [0.717, 1.165) is 0 Å². The standard InChI is InChI=1S/C10H14N2O2/c1-8-4-3-6-12(10(8)14)7-5-9(13)11-2/h3-4,6H,5,7H2,1-2H3,(H,11,13). The van der Waals surface area contributed by atoms with Crippen molar-refractivity contribution in [2.75, 3.05) is 7.05 Å². The number of nitrogens with one attached hydrogen (secondary N) is 1. The van der Waals surface area contributed by atoms with E-state index in [1.165, 1.54) is 0 Å². The van der Waals surface area contributed by atoms with Crippen molar-refractivity contribution in [3.8, 4) is 0 Å². The highest BCUT2D eigenvalue weighted by Crippen LogP contribution is 1.91. The molecule has 1 amide bonds. The van der Waals surface area contributed by atoms with Crippen molar-refractivity contribution in [3.63, 3.8) is 0 Å². The maximum Gasteiger partial charge on any atom is 0.253 e. The summed E-state index contributed by atoms with van der Waals surface area (Å²) < 4.78 is 1.55. The minimum atomic E-state index is -0.0570. The second-order valence-electron chi connectivity index (χ2n) is 3.11. The highest BCUT2D eigenvalue weighted by molar-refractivity contribution is 5.75. The van der Waals surface area contributed by atoms with Gasteiger partial charge in [-0.1, -0.05) is 6.07 Å². The number of pyridine rings is 1. The summed E-state index contributed by atoms with van der Waals surface area (Å²) >= 11 is 0. The molecule has 0 aromatic carbocycles. The highest BCUT2D eigenvalue weighted by atomic mass is 16.1. The van der Waals surface area contributed by atoms with E-state index in [4.69, 9.17) is 0 Å². The number of carbonyl (C=O) groups is 1. The fraction of sp³-hybridized carbons (Fsp3) is 0.400. The van der Waals surface area contributed by atoms with Crippen LogP contribution in [0.3, 0.4) is 0 Å². The normalized spacial score (nSPS) is 9.86. The van der Waals surface area contributed by atoms with Gasteiger partial charge in [0.1, 0.15) is 0 Å². The molecule has 0 atom stereocenters. The Labute approximate surface area is 82.6 Å². The summed E-state index contributed by atoms with van der Waals surface area (Å²) in [6.07, 6.45) is 2.03. The molecule has 0 saturated carbocycles. The summed E-state index contributed by atoms with van der Waals surface area (Å²) in [4.78, 5) is 22.5. The predicted molar refractivity (Wildman–Crippen MR) is 54.1 cm³/mol. The third-order valence-electron chi connectivity index (χ3n) is 2.07. The van der Waals surface area contributed by atoms with Gasteiger partial charge in [0.25, 0.3) is 5.56 Å². The van der Waals surface area contributed by atoms with Crippen molar-refractivity contribution >= 4 is 5.91 Å². The Kier molecular flexibility index (Phi) is 3.45. The number of rotatable bonds is 3. The first kappa shape index (κ1) is 10.5. The molecule has 0 bridgehead atoms. The van der Waals surface area contributed by atoms with Crippen LogP contribution in [0, 0.1) is 6.92 Å². The molecule has 0 aliphatic heterocycles. The first-order valence-corrected chi connectivity index (χ1v) is 4.52.